The summed E-state index contributed by atoms with van der Waals surface area (Å²) in [6, 6.07) is 27.3. The van der Waals surface area contributed by atoms with Gasteiger partial charge in [-0.1, -0.05) is 47.5 Å². The van der Waals surface area contributed by atoms with Gasteiger partial charge >= 0.3 is 11.9 Å². The van der Waals surface area contributed by atoms with Crippen LogP contribution in [0.2, 0.25) is 10.0 Å². The molecule has 32 heavy (non-hydrogen) atoms. The molecule has 0 aliphatic carbocycles. The van der Waals surface area contributed by atoms with Crippen LogP contribution in [0.5, 0.6) is 11.5 Å². The van der Waals surface area contributed by atoms with Crippen LogP contribution in [0, 0.1) is 0 Å². The van der Waals surface area contributed by atoms with Gasteiger partial charge in [0, 0.05) is 10.0 Å². The molecule has 0 saturated heterocycles. The van der Waals surface area contributed by atoms with Crippen molar-refractivity contribution in [2.24, 2.45) is 0 Å². The second kappa shape index (κ2) is 9.69. The van der Waals surface area contributed by atoms with Crippen LogP contribution in [0.3, 0.4) is 0 Å². The van der Waals surface area contributed by atoms with Crippen LogP contribution in [0.15, 0.2) is 97.1 Å². The fourth-order valence-corrected chi connectivity index (χ4v) is 3.19. The Bertz CT molecular complexity index is 1130. The minimum absolute atomic E-state index is 0.419. The van der Waals surface area contributed by atoms with Crippen molar-refractivity contribution in [3.05, 3.63) is 118 Å². The second-order valence-electron chi connectivity index (χ2n) is 6.84. The van der Waals surface area contributed by atoms with E-state index in [2.05, 4.69) is 0 Å². The maximum atomic E-state index is 12.2. The van der Waals surface area contributed by atoms with Crippen molar-refractivity contribution in [2.75, 3.05) is 0 Å². The van der Waals surface area contributed by atoms with E-state index in [0.29, 0.717) is 32.7 Å². The van der Waals surface area contributed by atoms with E-state index in [1.165, 1.54) is 0 Å². The predicted molar refractivity (Wildman–Crippen MR) is 125 cm³/mol. The lowest BCUT2D eigenvalue weighted by atomic mass is 10.1. The second-order valence-corrected chi connectivity index (χ2v) is 7.71. The minimum Gasteiger partial charge on any atom is -0.423 e. The highest BCUT2D eigenvalue weighted by Gasteiger charge is 2.10. The van der Waals surface area contributed by atoms with Crippen molar-refractivity contribution in [3.8, 4) is 22.6 Å². The minimum atomic E-state index is -0.457. The molecule has 0 saturated carbocycles. The van der Waals surface area contributed by atoms with E-state index in [4.69, 9.17) is 32.7 Å². The topological polar surface area (TPSA) is 52.6 Å². The molecule has 4 aromatic rings. The summed E-state index contributed by atoms with van der Waals surface area (Å²) in [4.78, 5) is 24.4. The Hall–Kier alpha value is -3.60. The van der Waals surface area contributed by atoms with Gasteiger partial charge in [-0.05, 0) is 83.9 Å². The van der Waals surface area contributed by atoms with E-state index in [9.17, 15) is 9.59 Å². The number of benzene rings is 4. The summed E-state index contributed by atoms with van der Waals surface area (Å²) >= 11 is 11.7. The normalized spacial score (nSPS) is 10.4. The fraction of sp³-hybridized carbons (Fsp3) is 0. The monoisotopic (exact) mass is 462 g/mol. The first-order valence-corrected chi connectivity index (χ1v) is 10.4. The molecule has 0 radical (unpaired) electrons. The van der Waals surface area contributed by atoms with Crippen LogP contribution in [-0.2, 0) is 0 Å². The molecule has 0 aliphatic rings. The Kier molecular flexibility index (Phi) is 6.55. The number of carbonyl (C=O) groups is 2. The van der Waals surface area contributed by atoms with Gasteiger partial charge in [0.2, 0.25) is 0 Å². The first kappa shape index (κ1) is 21.6. The Morgan fingerprint density at radius 2 is 0.781 bits per heavy atom. The van der Waals surface area contributed by atoms with Crippen LogP contribution in [0.1, 0.15) is 20.7 Å². The highest BCUT2D eigenvalue weighted by Crippen LogP contribution is 2.25. The quantitative estimate of drug-likeness (QED) is 0.234. The standard InChI is InChI=1S/C26H16Cl2O4/c27-21-9-1-19(2-10-21)25(29)31-23-13-5-17(6-14-23)18-7-15-24(16-8-18)32-26(30)20-3-11-22(28)12-4-20/h1-16H. The van der Waals surface area contributed by atoms with Crippen LogP contribution >= 0.6 is 23.2 Å². The van der Waals surface area contributed by atoms with Crippen LogP contribution in [0.4, 0.5) is 0 Å². The molecule has 0 aliphatic heterocycles. The van der Waals surface area contributed by atoms with Gasteiger partial charge in [0.1, 0.15) is 11.5 Å². The lowest BCUT2D eigenvalue weighted by Crippen LogP contribution is -2.08. The summed E-state index contributed by atoms with van der Waals surface area (Å²) in [6.45, 7) is 0. The fourth-order valence-electron chi connectivity index (χ4n) is 2.93. The highest BCUT2D eigenvalue weighted by atomic mass is 35.5. The van der Waals surface area contributed by atoms with E-state index in [1.807, 2.05) is 24.3 Å². The van der Waals surface area contributed by atoms with Gasteiger partial charge in [0.25, 0.3) is 0 Å². The van der Waals surface area contributed by atoms with Gasteiger partial charge in [0.15, 0.2) is 0 Å². The molecule has 0 spiro atoms. The molecule has 4 rings (SSSR count). The van der Waals surface area contributed by atoms with Gasteiger partial charge in [-0.3, -0.25) is 0 Å². The largest absolute Gasteiger partial charge is 0.423 e. The third-order valence-corrected chi connectivity index (χ3v) is 5.13. The molecule has 4 nitrogen and oxygen atoms in total. The summed E-state index contributed by atoms with van der Waals surface area (Å²) in [5, 5.41) is 1.10. The van der Waals surface area contributed by atoms with Gasteiger partial charge in [-0.25, -0.2) is 9.59 Å². The average molecular weight is 463 g/mol. The Morgan fingerprint density at radius 3 is 1.09 bits per heavy atom. The zero-order valence-corrected chi connectivity index (χ0v) is 18.1. The lowest BCUT2D eigenvalue weighted by Gasteiger charge is -2.08. The number of rotatable bonds is 5. The molecular weight excluding hydrogens is 447 g/mol. The molecule has 0 atom stereocenters. The van der Waals surface area contributed by atoms with E-state index >= 15 is 0 Å². The van der Waals surface area contributed by atoms with Crippen molar-refractivity contribution in [1.29, 1.82) is 0 Å². The van der Waals surface area contributed by atoms with Gasteiger partial charge in [0.05, 0.1) is 11.1 Å². The first-order chi connectivity index (χ1) is 15.5. The van der Waals surface area contributed by atoms with Crippen molar-refractivity contribution in [1.82, 2.24) is 0 Å². The van der Waals surface area contributed by atoms with Crippen molar-refractivity contribution < 1.29 is 19.1 Å². The summed E-state index contributed by atoms with van der Waals surface area (Å²) < 4.78 is 10.8. The maximum Gasteiger partial charge on any atom is 0.343 e. The molecule has 0 fully saturated rings. The van der Waals surface area contributed by atoms with Crippen LogP contribution < -0.4 is 9.47 Å². The number of esters is 2. The summed E-state index contributed by atoms with van der Waals surface area (Å²) in [5.41, 5.74) is 2.68. The number of ether oxygens (including phenoxy) is 2. The van der Waals surface area contributed by atoms with Crippen LogP contribution in [0.25, 0.3) is 11.1 Å². The number of halogens is 2. The smallest absolute Gasteiger partial charge is 0.343 e. The molecule has 0 bridgehead atoms. The van der Waals surface area contributed by atoms with Gasteiger partial charge in [-0.15, -0.1) is 0 Å². The Morgan fingerprint density at radius 1 is 0.469 bits per heavy atom. The van der Waals surface area contributed by atoms with Gasteiger partial charge < -0.3 is 9.47 Å². The third kappa shape index (κ3) is 5.35. The molecule has 0 heterocycles. The molecule has 0 unspecified atom stereocenters. The zero-order chi connectivity index (χ0) is 22.5. The average Bonchev–Trinajstić information content (AvgIpc) is 2.81. The first-order valence-electron chi connectivity index (χ1n) is 9.64. The van der Waals surface area contributed by atoms with E-state index in [-0.39, 0.29) is 0 Å². The van der Waals surface area contributed by atoms with Crippen molar-refractivity contribution in [2.45, 2.75) is 0 Å². The highest BCUT2D eigenvalue weighted by molar-refractivity contribution is 6.31. The van der Waals surface area contributed by atoms with Gasteiger partial charge in [-0.2, -0.15) is 0 Å². The van der Waals surface area contributed by atoms with E-state index in [0.717, 1.165) is 11.1 Å². The Labute approximate surface area is 194 Å². The molecule has 0 amide bonds. The maximum absolute atomic E-state index is 12.2. The van der Waals surface area contributed by atoms with Crippen molar-refractivity contribution >= 4 is 35.1 Å². The zero-order valence-electron chi connectivity index (χ0n) is 16.6. The molecule has 4 aromatic carbocycles. The third-order valence-electron chi connectivity index (χ3n) is 4.62. The lowest BCUT2D eigenvalue weighted by molar-refractivity contribution is 0.0725. The SMILES string of the molecule is O=C(Oc1ccc(-c2ccc(OC(=O)c3ccc(Cl)cc3)cc2)cc1)c1ccc(Cl)cc1. The molecule has 0 N–H and O–H groups in total. The number of hydrogen-bond donors (Lipinski definition) is 0. The summed E-state index contributed by atoms with van der Waals surface area (Å²) in [6.07, 6.45) is 0. The number of hydrogen-bond acceptors (Lipinski definition) is 4. The van der Waals surface area contributed by atoms with E-state index < -0.39 is 11.9 Å². The number of carbonyl (C=O) groups excluding carboxylic acids is 2. The molecular formula is C26H16Cl2O4. The Balaban J connectivity index is 1.39. The van der Waals surface area contributed by atoms with Crippen molar-refractivity contribution in [3.63, 3.8) is 0 Å². The molecule has 158 valence electrons. The predicted octanol–water partition coefficient (Wildman–Crippen LogP) is 7.10. The van der Waals surface area contributed by atoms with E-state index in [1.54, 1.807) is 72.8 Å². The van der Waals surface area contributed by atoms with Crippen LogP contribution in [-0.4, -0.2) is 11.9 Å². The summed E-state index contributed by atoms with van der Waals surface area (Å²) in [5.74, 6) is -0.0491. The molecule has 0 aromatic heterocycles. The molecule has 6 heteroatoms. The summed E-state index contributed by atoms with van der Waals surface area (Å²) in [7, 11) is 0.